The molecule has 0 aromatic carbocycles. The van der Waals surface area contributed by atoms with Gasteiger partial charge in [0.2, 0.25) is 0 Å². The fourth-order valence-corrected chi connectivity index (χ4v) is 2.79. The first-order chi connectivity index (χ1) is 7.75. The van der Waals surface area contributed by atoms with E-state index < -0.39 is 0 Å². The number of rotatable bonds is 3. The van der Waals surface area contributed by atoms with Crippen molar-refractivity contribution >= 4 is 11.3 Å². The fraction of sp³-hybridized carbons (Fsp3) is 0.750. The van der Waals surface area contributed by atoms with Crippen LogP contribution in [0.2, 0.25) is 0 Å². The summed E-state index contributed by atoms with van der Waals surface area (Å²) >= 11 is 1.76. The molecular weight excluding hydrogens is 218 g/mol. The lowest BCUT2D eigenvalue weighted by molar-refractivity contribution is 0.240. The molecule has 1 fully saturated rings. The molecular formula is C12H21N3S. The van der Waals surface area contributed by atoms with Gasteiger partial charge in [0, 0.05) is 30.2 Å². The molecule has 0 aliphatic carbocycles. The second kappa shape index (κ2) is 5.75. The summed E-state index contributed by atoms with van der Waals surface area (Å²) in [4.78, 5) is 8.07. The van der Waals surface area contributed by atoms with Gasteiger partial charge in [-0.1, -0.05) is 13.8 Å². The third-order valence-corrected chi connectivity index (χ3v) is 3.94. The third kappa shape index (κ3) is 3.27. The largest absolute Gasteiger partial charge is 0.312 e. The second-order valence-corrected chi connectivity index (χ2v) is 5.83. The molecule has 0 spiro atoms. The number of nitrogens with zero attached hydrogens (tertiary/aromatic N) is 2. The molecule has 16 heavy (non-hydrogen) atoms. The highest BCUT2D eigenvalue weighted by atomic mass is 32.1. The lowest BCUT2D eigenvalue weighted by Gasteiger charge is -2.26. The van der Waals surface area contributed by atoms with Crippen LogP contribution in [0.1, 0.15) is 25.1 Å². The van der Waals surface area contributed by atoms with Crippen molar-refractivity contribution in [2.45, 2.75) is 32.9 Å². The number of nitrogens with one attached hydrogen (secondary N) is 1. The first-order valence-electron chi connectivity index (χ1n) is 6.09. The average Bonchev–Trinajstić information content (AvgIpc) is 2.62. The van der Waals surface area contributed by atoms with Crippen LogP contribution in [0.5, 0.6) is 0 Å². The summed E-state index contributed by atoms with van der Waals surface area (Å²) in [5.41, 5.74) is 1.92. The van der Waals surface area contributed by atoms with Crippen molar-refractivity contribution in [3.63, 3.8) is 0 Å². The van der Waals surface area contributed by atoms with E-state index in [2.05, 4.69) is 29.0 Å². The Morgan fingerprint density at radius 3 is 3.19 bits per heavy atom. The van der Waals surface area contributed by atoms with Crippen molar-refractivity contribution in [2.24, 2.45) is 5.92 Å². The Bertz CT molecular complexity index is 297. The highest BCUT2D eigenvalue weighted by Gasteiger charge is 2.20. The SMILES string of the molecule is CC(C)C1CN(Cc2cncs2)CCCN1. The monoisotopic (exact) mass is 239 g/mol. The molecule has 1 saturated heterocycles. The van der Waals surface area contributed by atoms with Gasteiger partial charge < -0.3 is 5.32 Å². The van der Waals surface area contributed by atoms with Gasteiger partial charge in [-0.3, -0.25) is 9.88 Å². The van der Waals surface area contributed by atoms with Crippen LogP contribution in [0.3, 0.4) is 0 Å². The second-order valence-electron chi connectivity index (χ2n) is 4.86. The van der Waals surface area contributed by atoms with Crippen LogP contribution in [0.25, 0.3) is 0 Å². The normalized spacial score (nSPS) is 23.6. The number of thiazole rings is 1. The third-order valence-electron chi connectivity index (χ3n) is 3.18. The molecule has 4 heteroatoms. The maximum absolute atomic E-state index is 4.14. The summed E-state index contributed by atoms with van der Waals surface area (Å²) in [7, 11) is 0. The predicted octanol–water partition coefficient (Wildman–Crippen LogP) is 1.96. The Hall–Kier alpha value is -0.450. The lowest BCUT2D eigenvalue weighted by Crippen LogP contribution is -2.40. The lowest BCUT2D eigenvalue weighted by atomic mass is 10.0. The van der Waals surface area contributed by atoms with Gasteiger partial charge in [-0.15, -0.1) is 11.3 Å². The van der Waals surface area contributed by atoms with E-state index in [1.165, 1.54) is 17.8 Å². The molecule has 2 rings (SSSR count). The van der Waals surface area contributed by atoms with Crippen molar-refractivity contribution in [1.82, 2.24) is 15.2 Å². The van der Waals surface area contributed by atoms with Gasteiger partial charge in [0.1, 0.15) is 0 Å². The molecule has 1 aromatic rings. The predicted molar refractivity (Wildman–Crippen MR) is 68.6 cm³/mol. The van der Waals surface area contributed by atoms with Crippen LogP contribution in [0, 0.1) is 5.92 Å². The quantitative estimate of drug-likeness (QED) is 0.874. The van der Waals surface area contributed by atoms with E-state index in [0.29, 0.717) is 12.0 Å². The molecule has 0 saturated carbocycles. The molecule has 90 valence electrons. The molecule has 1 unspecified atom stereocenters. The average molecular weight is 239 g/mol. The number of hydrogen-bond donors (Lipinski definition) is 1. The van der Waals surface area contributed by atoms with Crippen molar-refractivity contribution < 1.29 is 0 Å². The molecule has 1 aliphatic heterocycles. The zero-order chi connectivity index (χ0) is 11.4. The smallest absolute Gasteiger partial charge is 0.0794 e. The van der Waals surface area contributed by atoms with Crippen molar-refractivity contribution in [1.29, 1.82) is 0 Å². The van der Waals surface area contributed by atoms with E-state index in [9.17, 15) is 0 Å². The molecule has 2 heterocycles. The standard InChI is InChI=1S/C12H21N3S/c1-10(2)12-8-15(5-3-4-14-12)7-11-6-13-9-16-11/h6,9-10,12,14H,3-5,7-8H2,1-2H3. The Kier molecular flexibility index (Phi) is 4.32. The van der Waals surface area contributed by atoms with Gasteiger partial charge in [-0.2, -0.15) is 0 Å². The Balaban J connectivity index is 1.92. The van der Waals surface area contributed by atoms with E-state index >= 15 is 0 Å². The van der Waals surface area contributed by atoms with Crippen molar-refractivity contribution in [3.8, 4) is 0 Å². The van der Waals surface area contributed by atoms with Gasteiger partial charge in [0.05, 0.1) is 5.51 Å². The summed E-state index contributed by atoms with van der Waals surface area (Å²) < 4.78 is 0. The maximum atomic E-state index is 4.14. The first-order valence-corrected chi connectivity index (χ1v) is 6.97. The molecule has 3 nitrogen and oxygen atoms in total. The molecule has 1 aliphatic rings. The molecule has 1 aromatic heterocycles. The van der Waals surface area contributed by atoms with E-state index in [0.717, 1.165) is 19.6 Å². The minimum Gasteiger partial charge on any atom is -0.312 e. The van der Waals surface area contributed by atoms with Gasteiger partial charge >= 0.3 is 0 Å². The summed E-state index contributed by atoms with van der Waals surface area (Å²) in [6, 6.07) is 0.635. The highest BCUT2D eigenvalue weighted by Crippen LogP contribution is 2.14. The first kappa shape index (κ1) is 12.0. The fourth-order valence-electron chi connectivity index (χ4n) is 2.15. The maximum Gasteiger partial charge on any atom is 0.0794 e. The van der Waals surface area contributed by atoms with E-state index in [4.69, 9.17) is 0 Å². The summed E-state index contributed by atoms with van der Waals surface area (Å²) in [5.74, 6) is 0.710. The van der Waals surface area contributed by atoms with Crippen LogP contribution in [0.15, 0.2) is 11.7 Å². The molecule has 0 radical (unpaired) electrons. The van der Waals surface area contributed by atoms with Crippen LogP contribution in [0.4, 0.5) is 0 Å². The molecule has 0 amide bonds. The zero-order valence-corrected chi connectivity index (χ0v) is 11.0. The molecule has 1 atom stereocenters. The Morgan fingerprint density at radius 2 is 2.50 bits per heavy atom. The van der Waals surface area contributed by atoms with E-state index in [1.54, 1.807) is 11.3 Å². The molecule has 1 N–H and O–H groups in total. The van der Waals surface area contributed by atoms with Gasteiger partial charge in [0.15, 0.2) is 0 Å². The van der Waals surface area contributed by atoms with Gasteiger partial charge in [-0.25, -0.2) is 0 Å². The Labute approximate surface area is 102 Å². The van der Waals surface area contributed by atoms with Crippen LogP contribution in [-0.4, -0.2) is 35.6 Å². The van der Waals surface area contributed by atoms with Gasteiger partial charge in [-0.05, 0) is 25.4 Å². The van der Waals surface area contributed by atoms with Crippen LogP contribution >= 0.6 is 11.3 Å². The minimum absolute atomic E-state index is 0.635. The summed E-state index contributed by atoms with van der Waals surface area (Å²) in [6.07, 6.45) is 3.25. The number of aromatic nitrogens is 1. The van der Waals surface area contributed by atoms with E-state index in [-0.39, 0.29) is 0 Å². The number of hydrogen-bond acceptors (Lipinski definition) is 4. The summed E-state index contributed by atoms with van der Waals surface area (Å²) in [5, 5.41) is 3.64. The molecule has 0 bridgehead atoms. The van der Waals surface area contributed by atoms with Crippen LogP contribution in [-0.2, 0) is 6.54 Å². The van der Waals surface area contributed by atoms with Crippen molar-refractivity contribution in [2.75, 3.05) is 19.6 Å². The van der Waals surface area contributed by atoms with Crippen molar-refractivity contribution in [3.05, 3.63) is 16.6 Å². The topological polar surface area (TPSA) is 28.2 Å². The van der Waals surface area contributed by atoms with E-state index in [1.807, 2.05) is 11.7 Å². The zero-order valence-electron chi connectivity index (χ0n) is 10.1. The van der Waals surface area contributed by atoms with Crippen LogP contribution < -0.4 is 5.32 Å². The Morgan fingerprint density at radius 1 is 1.62 bits per heavy atom. The summed E-state index contributed by atoms with van der Waals surface area (Å²) in [6.45, 7) is 9.18. The minimum atomic E-state index is 0.635. The van der Waals surface area contributed by atoms with Gasteiger partial charge in [0.25, 0.3) is 0 Å². The highest BCUT2D eigenvalue weighted by molar-refractivity contribution is 7.09.